The van der Waals surface area contributed by atoms with Gasteiger partial charge in [-0.25, -0.2) is 0 Å². The summed E-state index contributed by atoms with van der Waals surface area (Å²) in [4.78, 5) is 14.4. The Bertz CT molecular complexity index is 1210. The maximum atomic E-state index is 12.2. The number of hydrogen-bond acceptors (Lipinski definition) is 8. The van der Waals surface area contributed by atoms with Crippen molar-refractivity contribution < 1.29 is 19.0 Å². The van der Waals surface area contributed by atoms with Crippen LogP contribution in [0, 0.1) is 5.92 Å². The van der Waals surface area contributed by atoms with Gasteiger partial charge in [0.25, 0.3) is 0 Å². The van der Waals surface area contributed by atoms with Crippen molar-refractivity contribution in [2.24, 2.45) is 5.92 Å². The second-order valence-electron chi connectivity index (χ2n) is 8.49. The lowest BCUT2D eigenvalue weighted by Gasteiger charge is -2.34. The van der Waals surface area contributed by atoms with Crippen molar-refractivity contribution in [1.82, 2.24) is 25.1 Å². The Labute approximate surface area is 191 Å². The minimum atomic E-state index is -0.262. The first-order valence-corrected chi connectivity index (χ1v) is 10.9. The van der Waals surface area contributed by atoms with Crippen molar-refractivity contribution in [2.45, 2.75) is 26.3 Å². The summed E-state index contributed by atoms with van der Waals surface area (Å²) in [6.45, 7) is 4.70. The van der Waals surface area contributed by atoms with Gasteiger partial charge in [0.1, 0.15) is 6.04 Å². The first-order valence-electron chi connectivity index (χ1n) is 10.9. The third-order valence-corrected chi connectivity index (χ3v) is 6.02. The molecule has 10 heteroatoms. The molecule has 2 aromatic carbocycles. The molecule has 1 aromatic heterocycles. The lowest BCUT2D eigenvalue weighted by Crippen LogP contribution is -2.35. The zero-order valence-electron chi connectivity index (χ0n) is 19.0. The highest BCUT2D eigenvalue weighted by atomic mass is 16.7. The van der Waals surface area contributed by atoms with E-state index in [1.807, 2.05) is 51.2 Å². The number of carbonyl (C=O) groups excluding carboxylic acids is 1. The SMILES string of the molecule is COc1c2c(cc3c1[C@H](c1nnnn1-c1cccc(NC(=O)C(C)C)c1)N(C)CC3)OCO2. The number of aromatic nitrogens is 4. The first-order chi connectivity index (χ1) is 16.0. The third kappa shape index (κ3) is 3.66. The van der Waals surface area contributed by atoms with Crippen LogP contribution < -0.4 is 19.5 Å². The standard InChI is InChI=1S/C23H26N6O4/c1-13(2)23(30)24-15-6-5-7-16(11-15)29-22(25-26-27-29)19-18-14(8-9-28(19)3)10-17-20(21(18)31-4)33-12-32-17/h5-7,10-11,13,19H,8-9,12H2,1-4H3,(H,24,30)/t19-/m1/s1. The Morgan fingerprint density at radius 2 is 2.12 bits per heavy atom. The van der Waals surface area contributed by atoms with Gasteiger partial charge in [-0.2, -0.15) is 4.68 Å². The molecule has 0 aliphatic carbocycles. The molecule has 5 rings (SSSR count). The number of methoxy groups -OCH3 is 1. The van der Waals surface area contributed by atoms with E-state index < -0.39 is 0 Å². The van der Waals surface area contributed by atoms with Gasteiger partial charge in [0.05, 0.1) is 12.8 Å². The molecule has 10 nitrogen and oxygen atoms in total. The van der Waals surface area contributed by atoms with Crippen LogP contribution in [0.15, 0.2) is 30.3 Å². The van der Waals surface area contributed by atoms with Gasteiger partial charge in [-0.15, -0.1) is 5.10 Å². The molecule has 0 radical (unpaired) electrons. The minimum absolute atomic E-state index is 0.0501. The number of hydrogen-bond donors (Lipinski definition) is 1. The third-order valence-electron chi connectivity index (χ3n) is 6.02. The van der Waals surface area contributed by atoms with Gasteiger partial charge in [-0.3, -0.25) is 9.69 Å². The fourth-order valence-electron chi connectivity index (χ4n) is 4.31. The van der Waals surface area contributed by atoms with Crippen molar-refractivity contribution >= 4 is 11.6 Å². The number of fused-ring (bicyclic) bond motifs is 2. The molecule has 0 saturated heterocycles. The highest BCUT2D eigenvalue weighted by Gasteiger charge is 2.37. The number of carbonyl (C=O) groups is 1. The van der Waals surface area contributed by atoms with Gasteiger partial charge in [-0.1, -0.05) is 19.9 Å². The molecular formula is C23H26N6O4. The molecule has 33 heavy (non-hydrogen) atoms. The lowest BCUT2D eigenvalue weighted by atomic mass is 9.90. The van der Waals surface area contributed by atoms with Crippen LogP contribution >= 0.6 is 0 Å². The molecule has 2 aliphatic rings. The van der Waals surface area contributed by atoms with Gasteiger partial charge >= 0.3 is 0 Å². The van der Waals surface area contributed by atoms with Crippen LogP contribution in [0.5, 0.6) is 17.2 Å². The quantitative estimate of drug-likeness (QED) is 0.633. The molecule has 3 heterocycles. The number of ether oxygens (including phenoxy) is 3. The number of anilines is 1. The molecule has 0 unspecified atom stereocenters. The summed E-state index contributed by atoms with van der Waals surface area (Å²) in [5.41, 5.74) is 3.52. The van der Waals surface area contributed by atoms with E-state index in [9.17, 15) is 4.79 Å². The number of nitrogens with one attached hydrogen (secondary N) is 1. The van der Waals surface area contributed by atoms with Crippen LogP contribution in [0.1, 0.15) is 36.8 Å². The summed E-state index contributed by atoms with van der Waals surface area (Å²) in [6, 6.07) is 9.25. The van der Waals surface area contributed by atoms with Crippen LogP contribution in [-0.4, -0.2) is 58.5 Å². The first kappa shape index (κ1) is 21.2. The summed E-state index contributed by atoms with van der Waals surface area (Å²) in [5, 5.41) is 15.6. The summed E-state index contributed by atoms with van der Waals surface area (Å²) in [7, 11) is 3.67. The lowest BCUT2D eigenvalue weighted by molar-refractivity contribution is -0.118. The molecule has 2 aliphatic heterocycles. The van der Waals surface area contributed by atoms with Gasteiger partial charge in [-0.05, 0) is 53.7 Å². The number of rotatable bonds is 5. The summed E-state index contributed by atoms with van der Waals surface area (Å²) in [6.07, 6.45) is 0.841. The van der Waals surface area contributed by atoms with Crippen LogP contribution in [-0.2, 0) is 11.2 Å². The largest absolute Gasteiger partial charge is 0.492 e. The Kier molecular flexibility index (Phi) is 5.37. The van der Waals surface area contributed by atoms with E-state index in [4.69, 9.17) is 14.2 Å². The topological polar surface area (TPSA) is 104 Å². The second-order valence-corrected chi connectivity index (χ2v) is 8.49. The summed E-state index contributed by atoms with van der Waals surface area (Å²) < 4.78 is 18.8. The number of likely N-dealkylation sites (N-methyl/N-ethyl adjacent to an activating group) is 1. The molecular weight excluding hydrogens is 424 g/mol. The monoisotopic (exact) mass is 450 g/mol. The van der Waals surface area contributed by atoms with Crippen LogP contribution in [0.3, 0.4) is 0 Å². The van der Waals surface area contributed by atoms with Crippen molar-refractivity contribution in [3.05, 3.63) is 47.3 Å². The normalized spacial score (nSPS) is 17.2. The molecule has 172 valence electrons. The minimum Gasteiger partial charge on any atom is -0.492 e. The summed E-state index contributed by atoms with van der Waals surface area (Å²) >= 11 is 0. The van der Waals surface area contributed by atoms with Gasteiger partial charge < -0.3 is 19.5 Å². The van der Waals surface area contributed by atoms with E-state index in [0.717, 1.165) is 29.8 Å². The maximum absolute atomic E-state index is 12.2. The predicted octanol–water partition coefficient (Wildman–Crippen LogP) is 2.57. The maximum Gasteiger partial charge on any atom is 0.231 e. The molecule has 0 saturated carbocycles. The average molecular weight is 450 g/mol. The highest BCUT2D eigenvalue weighted by Crippen LogP contribution is 2.50. The number of tetrazole rings is 1. The molecule has 0 fully saturated rings. The van der Waals surface area contributed by atoms with Crippen LogP contribution in [0.2, 0.25) is 0 Å². The van der Waals surface area contributed by atoms with E-state index in [2.05, 4.69) is 25.7 Å². The van der Waals surface area contributed by atoms with E-state index in [1.54, 1.807) is 11.8 Å². The van der Waals surface area contributed by atoms with Crippen molar-refractivity contribution in [3.63, 3.8) is 0 Å². The summed E-state index contributed by atoms with van der Waals surface area (Å²) in [5.74, 6) is 2.42. The molecule has 1 atom stereocenters. The number of benzene rings is 2. The average Bonchev–Trinajstić information content (AvgIpc) is 3.47. The highest BCUT2D eigenvalue weighted by molar-refractivity contribution is 5.92. The van der Waals surface area contributed by atoms with Crippen molar-refractivity contribution in [3.8, 4) is 22.9 Å². The zero-order chi connectivity index (χ0) is 23.1. The number of amides is 1. The predicted molar refractivity (Wildman–Crippen MR) is 120 cm³/mol. The van der Waals surface area contributed by atoms with E-state index >= 15 is 0 Å². The Morgan fingerprint density at radius 1 is 1.27 bits per heavy atom. The molecule has 1 amide bonds. The number of nitrogens with zero attached hydrogens (tertiary/aromatic N) is 5. The molecule has 0 bridgehead atoms. The van der Waals surface area contributed by atoms with Crippen molar-refractivity contribution in [2.75, 3.05) is 32.8 Å². The van der Waals surface area contributed by atoms with Crippen molar-refractivity contribution in [1.29, 1.82) is 0 Å². The van der Waals surface area contributed by atoms with Gasteiger partial charge in [0, 0.05) is 23.7 Å². The fraction of sp³-hybridized carbons (Fsp3) is 0.391. The van der Waals surface area contributed by atoms with Gasteiger partial charge in [0.2, 0.25) is 18.4 Å². The zero-order valence-corrected chi connectivity index (χ0v) is 19.0. The van der Waals surface area contributed by atoms with Crippen LogP contribution in [0.25, 0.3) is 5.69 Å². The van der Waals surface area contributed by atoms with E-state index in [0.29, 0.717) is 28.8 Å². The van der Waals surface area contributed by atoms with Crippen LogP contribution in [0.4, 0.5) is 5.69 Å². The molecule has 0 spiro atoms. The van der Waals surface area contributed by atoms with E-state index in [1.165, 1.54) is 0 Å². The smallest absolute Gasteiger partial charge is 0.231 e. The fourth-order valence-corrected chi connectivity index (χ4v) is 4.31. The molecule has 3 aromatic rings. The second kappa shape index (κ2) is 8.36. The molecule has 1 N–H and O–H groups in total. The Balaban J connectivity index is 1.59. The van der Waals surface area contributed by atoms with E-state index in [-0.39, 0.29) is 24.7 Å². The Morgan fingerprint density at radius 3 is 2.91 bits per heavy atom. The van der Waals surface area contributed by atoms with Gasteiger partial charge in [0.15, 0.2) is 17.3 Å². The Hall–Kier alpha value is -3.66.